The van der Waals surface area contributed by atoms with E-state index in [1.165, 1.54) is 0 Å². The van der Waals surface area contributed by atoms with Crippen molar-refractivity contribution >= 4 is 21.4 Å². The Morgan fingerprint density at radius 1 is 1.30 bits per heavy atom. The molecule has 158 valence electrons. The highest BCUT2D eigenvalue weighted by molar-refractivity contribution is 7.91. The third-order valence-electron chi connectivity index (χ3n) is 4.91. The van der Waals surface area contributed by atoms with Crippen molar-refractivity contribution < 1.29 is 22.7 Å². The molecule has 0 radical (unpaired) electrons. The zero-order chi connectivity index (χ0) is 21.1. The summed E-state index contributed by atoms with van der Waals surface area (Å²) in [7, 11) is -3.12. The Bertz CT molecular complexity index is 1170. The lowest BCUT2D eigenvalue weighted by Crippen LogP contribution is -2.42. The summed E-state index contributed by atoms with van der Waals surface area (Å²) < 4.78 is 36.7. The summed E-state index contributed by atoms with van der Waals surface area (Å²) in [6.07, 6.45) is 3.28. The number of aryl methyl sites for hydroxylation is 1. The highest BCUT2D eigenvalue weighted by Gasteiger charge is 2.26. The number of imidazole rings is 1. The standard InChI is InChI=1S/C21H23N3O5S/c1-15-5-4-8-24-12-16(23-20(15)24)13-29-19-7-3-2-6-18(19)21(25)22-11-17-14-30(26,27)10-9-28-17/h2-8,12,17H,9-11,13-14H2,1H3,(H,22,25)/t17-/m1/s1. The average molecular weight is 429 g/mol. The molecule has 9 heteroatoms. The van der Waals surface area contributed by atoms with Gasteiger partial charge in [-0.2, -0.15) is 0 Å². The van der Waals surface area contributed by atoms with Gasteiger partial charge < -0.3 is 19.2 Å². The van der Waals surface area contributed by atoms with E-state index in [2.05, 4.69) is 10.3 Å². The predicted molar refractivity (Wildman–Crippen MR) is 111 cm³/mol. The van der Waals surface area contributed by atoms with Gasteiger partial charge in [-0.25, -0.2) is 13.4 Å². The summed E-state index contributed by atoms with van der Waals surface area (Å²) in [6.45, 7) is 2.49. The number of benzene rings is 1. The summed E-state index contributed by atoms with van der Waals surface area (Å²) in [4.78, 5) is 17.2. The summed E-state index contributed by atoms with van der Waals surface area (Å²) in [5.74, 6) is 0.0269. The van der Waals surface area contributed by atoms with Crippen LogP contribution in [-0.4, -0.2) is 54.5 Å². The van der Waals surface area contributed by atoms with Crippen LogP contribution in [0.4, 0.5) is 0 Å². The second kappa shape index (κ2) is 8.45. The van der Waals surface area contributed by atoms with Gasteiger partial charge in [0.15, 0.2) is 9.84 Å². The van der Waals surface area contributed by atoms with E-state index in [1.807, 2.05) is 35.9 Å². The molecule has 8 nitrogen and oxygen atoms in total. The van der Waals surface area contributed by atoms with Gasteiger partial charge in [0.05, 0.1) is 35.5 Å². The van der Waals surface area contributed by atoms with Crippen LogP contribution in [0, 0.1) is 6.92 Å². The van der Waals surface area contributed by atoms with Crippen molar-refractivity contribution in [3.05, 3.63) is 65.6 Å². The maximum atomic E-state index is 12.7. The lowest BCUT2D eigenvalue weighted by atomic mass is 10.2. The van der Waals surface area contributed by atoms with E-state index in [9.17, 15) is 13.2 Å². The van der Waals surface area contributed by atoms with Crippen LogP contribution in [-0.2, 0) is 21.2 Å². The van der Waals surface area contributed by atoms with Crippen LogP contribution < -0.4 is 10.1 Å². The average Bonchev–Trinajstić information content (AvgIpc) is 3.15. The first kappa shape index (κ1) is 20.4. The van der Waals surface area contributed by atoms with Crippen molar-refractivity contribution in [2.24, 2.45) is 0 Å². The second-order valence-corrected chi connectivity index (χ2v) is 9.49. The molecule has 30 heavy (non-hydrogen) atoms. The molecule has 1 aliphatic rings. The van der Waals surface area contributed by atoms with Crippen LogP contribution in [0.5, 0.6) is 5.75 Å². The molecule has 0 saturated carbocycles. The Kier molecular flexibility index (Phi) is 5.74. The molecule has 1 aliphatic heterocycles. The minimum absolute atomic E-state index is 0.0245. The number of sulfone groups is 1. The first-order valence-corrected chi connectivity index (χ1v) is 11.5. The Morgan fingerprint density at radius 2 is 2.13 bits per heavy atom. The van der Waals surface area contributed by atoms with Gasteiger partial charge in [0.25, 0.3) is 5.91 Å². The third-order valence-corrected chi connectivity index (χ3v) is 6.58. The summed E-state index contributed by atoms with van der Waals surface area (Å²) in [6, 6.07) is 10.9. The van der Waals surface area contributed by atoms with Crippen molar-refractivity contribution in [3.8, 4) is 5.75 Å². The van der Waals surface area contributed by atoms with E-state index in [0.717, 1.165) is 16.9 Å². The fraction of sp³-hybridized carbons (Fsp3) is 0.333. The van der Waals surface area contributed by atoms with Crippen LogP contribution in [0.2, 0.25) is 0 Å². The van der Waals surface area contributed by atoms with Crippen molar-refractivity contribution in [1.82, 2.24) is 14.7 Å². The van der Waals surface area contributed by atoms with Gasteiger partial charge >= 0.3 is 0 Å². The third kappa shape index (κ3) is 4.63. The molecule has 1 saturated heterocycles. The van der Waals surface area contributed by atoms with Gasteiger partial charge in [-0.3, -0.25) is 4.79 Å². The van der Waals surface area contributed by atoms with Crippen LogP contribution in [0.1, 0.15) is 21.6 Å². The summed E-state index contributed by atoms with van der Waals surface area (Å²) >= 11 is 0. The zero-order valence-electron chi connectivity index (χ0n) is 16.6. The fourth-order valence-corrected chi connectivity index (χ4v) is 4.68. The van der Waals surface area contributed by atoms with Crippen LogP contribution in [0.25, 0.3) is 5.65 Å². The largest absolute Gasteiger partial charge is 0.486 e. The number of carbonyl (C=O) groups is 1. The maximum absolute atomic E-state index is 12.7. The van der Waals surface area contributed by atoms with Crippen LogP contribution >= 0.6 is 0 Å². The predicted octanol–water partition coefficient (Wildman–Crippen LogP) is 1.77. The highest BCUT2D eigenvalue weighted by Crippen LogP contribution is 2.20. The molecule has 0 bridgehead atoms. The van der Waals surface area contributed by atoms with Gasteiger partial charge in [0.2, 0.25) is 0 Å². The van der Waals surface area contributed by atoms with Gasteiger partial charge in [0.1, 0.15) is 18.0 Å². The molecule has 0 unspecified atom stereocenters. The molecule has 3 heterocycles. The molecular weight excluding hydrogens is 406 g/mol. The lowest BCUT2D eigenvalue weighted by molar-refractivity contribution is 0.0661. The number of ether oxygens (including phenoxy) is 2. The van der Waals surface area contributed by atoms with E-state index in [4.69, 9.17) is 9.47 Å². The van der Waals surface area contributed by atoms with Gasteiger partial charge in [-0.05, 0) is 30.7 Å². The molecule has 2 aromatic heterocycles. The number of carbonyl (C=O) groups excluding carboxylic acids is 1. The molecule has 1 aromatic carbocycles. The molecule has 3 aromatic rings. The van der Waals surface area contributed by atoms with Gasteiger partial charge in [0, 0.05) is 18.9 Å². The number of aromatic nitrogens is 2. The molecule has 1 N–H and O–H groups in total. The molecule has 1 atom stereocenters. The Hall–Kier alpha value is -2.91. The number of nitrogens with one attached hydrogen (secondary N) is 1. The van der Waals surface area contributed by atoms with Gasteiger partial charge in [-0.1, -0.05) is 18.2 Å². The van der Waals surface area contributed by atoms with E-state index in [0.29, 0.717) is 11.3 Å². The Balaban J connectivity index is 1.41. The summed E-state index contributed by atoms with van der Waals surface area (Å²) in [5.41, 5.74) is 3.05. The molecular formula is C21H23N3O5S. The molecule has 0 spiro atoms. The number of amides is 1. The van der Waals surface area contributed by atoms with Crippen molar-refractivity contribution in [1.29, 1.82) is 0 Å². The first-order chi connectivity index (χ1) is 14.4. The molecule has 4 rings (SSSR count). The molecule has 0 aliphatic carbocycles. The minimum Gasteiger partial charge on any atom is -0.486 e. The smallest absolute Gasteiger partial charge is 0.255 e. The van der Waals surface area contributed by atoms with Crippen LogP contribution in [0.3, 0.4) is 0 Å². The zero-order valence-corrected chi connectivity index (χ0v) is 17.4. The van der Waals surface area contributed by atoms with Crippen molar-refractivity contribution in [3.63, 3.8) is 0 Å². The number of nitrogens with zero attached hydrogens (tertiary/aromatic N) is 2. The molecule has 1 fully saturated rings. The topological polar surface area (TPSA) is 99.0 Å². The minimum atomic E-state index is -3.12. The molecule has 1 amide bonds. The number of rotatable bonds is 6. The van der Waals surface area contributed by atoms with E-state index < -0.39 is 15.9 Å². The van der Waals surface area contributed by atoms with E-state index >= 15 is 0 Å². The van der Waals surface area contributed by atoms with Crippen molar-refractivity contribution in [2.75, 3.05) is 24.7 Å². The van der Waals surface area contributed by atoms with Crippen molar-refractivity contribution in [2.45, 2.75) is 19.6 Å². The number of hydrogen-bond acceptors (Lipinski definition) is 6. The fourth-order valence-electron chi connectivity index (χ4n) is 3.38. The quantitative estimate of drug-likeness (QED) is 0.641. The van der Waals surface area contributed by atoms with Crippen LogP contribution in [0.15, 0.2) is 48.8 Å². The highest BCUT2D eigenvalue weighted by atomic mass is 32.2. The second-order valence-electron chi connectivity index (χ2n) is 7.26. The van der Waals surface area contributed by atoms with Gasteiger partial charge in [-0.15, -0.1) is 0 Å². The number of fused-ring (bicyclic) bond motifs is 1. The maximum Gasteiger partial charge on any atom is 0.255 e. The van der Waals surface area contributed by atoms with E-state index in [1.54, 1.807) is 24.3 Å². The summed E-state index contributed by atoms with van der Waals surface area (Å²) in [5, 5.41) is 2.75. The first-order valence-electron chi connectivity index (χ1n) is 9.66. The Labute approximate surface area is 174 Å². The number of pyridine rings is 1. The monoisotopic (exact) mass is 429 g/mol. The number of hydrogen-bond donors (Lipinski definition) is 1. The normalized spacial score (nSPS) is 18.2. The SMILES string of the molecule is Cc1cccn2cc(COc3ccccc3C(=O)NC[C@@H]3CS(=O)(=O)CCO3)nc12. The lowest BCUT2D eigenvalue weighted by Gasteiger charge is -2.23. The van der Waals surface area contributed by atoms with E-state index in [-0.39, 0.29) is 37.2 Å². The Morgan fingerprint density at radius 3 is 2.93 bits per heavy atom. The number of para-hydroxylation sites is 1.